The number of nitrogens with zero attached hydrogens (tertiary/aromatic N) is 5. The number of likely N-dealkylation sites (tertiary alicyclic amines) is 3. The van der Waals surface area contributed by atoms with E-state index in [1.165, 1.54) is 17.7 Å². The van der Waals surface area contributed by atoms with Crippen molar-refractivity contribution in [2.45, 2.75) is 40.8 Å². The molecule has 2 aromatic heterocycles. The lowest BCUT2D eigenvalue weighted by Crippen LogP contribution is -2.35. The van der Waals surface area contributed by atoms with Gasteiger partial charge in [0.25, 0.3) is 5.91 Å². The quantitative estimate of drug-likeness (QED) is 0.173. The summed E-state index contributed by atoms with van der Waals surface area (Å²) < 4.78 is 30.0. The Morgan fingerprint density at radius 1 is 0.603 bits per heavy atom. The number of hydrogen-bond acceptors (Lipinski definition) is 5. The number of carbonyl (C=O) groups excluding carboxylic acids is 1. The molecule has 10 rings (SSSR count). The molecule has 9 nitrogen and oxygen atoms in total. The summed E-state index contributed by atoms with van der Waals surface area (Å²) in [5.74, 6) is -1.35. The van der Waals surface area contributed by atoms with Crippen LogP contribution in [0.5, 0.6) is 0 Å². The van der Waals surface area contributed by atoms with Crippen LogP contribution in [0.4, 0.5) is 8.78 Å². The van der Waals surface area contributed by atoms with Crippen molar-refractivity contribution in [1.82, 2.24) is 29.2 Å². The summed E-state index contributed by atoms with van der Waals surface area (Å²) in [6, 6.07) is 24.6. The molecule has 4 aliphatic rings. The van der Waals surface area contributed by atoms with Crippen molar-refractivity contribution >= 4 is 56.9 Å². The van der Waals surface area contributed by atoms with Gasteiger partial charge in [0.1, 0.15) is 11.6 Å². The summed E-state index contributed by atoms with van der Waals surface area (Å²) in [7, 11) is 3.86. The van der Waals surface area contributed by atoms with Crippen LogP contribution in [-0.2, 0) is 27.2 Å². The van der Waals surface area contributed by atoms with Gasteiger partial charge < -0.3 is 24.5 Å². The van der Waals surface area contributed by atoms with E-state index in [0.29, 0.717) is 34.5 Å². The predicted molar refractivity (Wildman–Crippen MR) is 247 cm³/mol. The Morgan fingerprint density at radius 3 is 1.43 bits per heavy atom. The maximum absolute atomic E-state index is 13.4. The molecule has 13 heteroatoms. The number of benzene rings is 4. The Hall–Kier alpha value is -4.78. The first-order valence-electron chi connectivity index (χ1n) is 21.4. The standard InChI is InChI=1S/C25H27ClFN3O.C15H21FN2.C10H8ClNO2/c1-24-13-29(12-17-4-6-19(27)7-5-17)14-25(24,2)16-30(15-24)23(31)20-10-18-8-9-28(3)22(18)11-21(20)26;1-14-8-17-9-15(14,2)11-18(10-14)7-12-3-5-13(16)6-4-12;1-12-3-2-6-4-7(10(13)14)8(11)5-9(6)12/h4-11H,12-16H2,1-3H3;3-6,17H,7-11H2,1-2H3;2-5H,1H3,(H,13,14)/t24-,25+;14-,15+;. The van der Waals surface area contributed by atoms with Gasteiger partial charge in [-0.15, -0.1) is 0 Å². The average molecular weight is 898 g/mol. The molecule has 2 N–H and O–H groups in total. The van der Waals surface area contributed by atoms with Gasteiger partial charge in [-0.25, -0.2) is 13.6 Å². The Labute approximate surface area is 378 Å². The fourth-order valence-electron chi connectivity index (χ4n) is 10.5. The zero-order valence-corrected chi connectivity index (χ0v) is 38.3. The normalized spacial score (nSPS) is 25.5. The molecule has 1 amide bonds. The van der Waals surface area contributed by atoms with Crippen molar-refractivity contribution in [3.8, 4) is 0 Å². The summed E-state index contributed by atoms with van der Waals surface area (Å²) in [5, 5.41) is 15.0. The predicted octanol–water partition coefficient (Wildman–Crippen LogP) is 9.74. The largest absolute Gasteiger partial charge is 0.478 e. The van der Waals surface area contributed by atoms with E-state index in [0.717, 1.165) is 79.7 Å². The molecular weight excluding hydrogens is 841 g/mol. The smallest absolute Gasteiger partial charge is 0.337 e. The monoisotopic (exact) mass is 896 g/mol. The third kappa shape index (κ3) is 8.75. The van der Waals surface area contributed by atoms with Gasteiger partial charge in [0.15, 0.2) is 0 Å². The van der Waals surface area contributed by atoms with Crippen LogP contribution in [0, 0.1) is 33.3 Å². The van der Waals surface area contributed by atoms with Gasteiger partial charge >= 0.3 is 5.97 Å². The summed E-state index contributed by atoms with van der Waals surface area (Å²) >= 11 is 12.4. The molecule has 4 fully saturated rings. The van der Waals surface area contributed by atoms with Gasteiger partial charge in [-0.1, -0.05) is 75.2 Å². The topological polar surface area (TPSA) is 86.0 Å². The number of fused-ring (bicyclic) bond motifs is 4. The number of carboxylic acids is 1. The zero-order chi connectivity index (χ0) is 45.1. The van der Waals surface area contributed by atoms with Gasteiger partial charge in [-0.3, -0.25) is 14.6 Å². The summed E-state index contributed by atoms with van der Waals surface area (Å²) in [5.41, 5.74) is 5.77. The minimum atomic E-state index is -0.999. The van der Waals surface area contributed by atoms with Crippen LogP contribution in [0.3, 0.4) is 0 Å². The number of nitrogens with one attached hydrogen (secondary N) is 1. The minimum Gasteiger partial charge on any atom is -0.478 e. The highest BCUT2D eigenvalue weighted by Crippen LogP contribution is 2.52. The highest BCUT2D eigenvalue weighted by atomic mass is 35.5. The molecule has 4 aromatic carbocycles. The second-order valence-corrected chi connectivity index (χ2v) is 20.3. The average Bonchev–Trinajstić information content (AvgIpc) is 4.01. The molecule has 6 aromatic rings. The molecule has 4 aliphatic heterocycles. The first-order valence-corrected chi connectivity index (χ1v) is 22.2. The van der Waals surface area contributed by atoms with Gasteiger partial charge in [-0.05, 0) is 71.8 Å². The first kappa shape index (κ1) is 44.8. The van der Waals surface area contributed by atoms with Crippen molar-refractivity contribution in [2.75, 3.05) is 52.4 Å². The summed E-state index contributed by atoms with van der Waals surface area (Å²) in [4.78, 5) is 31.1. The molecule has 332 valence electrons. The molecule has 0 saturated carbocycles. The second kappa shape index (κ2) is 17.0. The van der Waals surface area contributed by atoms with E-state index in [9.17, 15) is 18.4 Å². The van der Waals surface area contributed by atoms with E-state index in [1.807, 2.05) is 89.1 Å². The minimum absolute atomic E-state index is 0.00597. The number of aromatic nitrogens is 2. The number of aromatic carboxylic acids is 1. The molecule has 0 aliphatic carbocycles. The van der Waals surface area contributed by atoms with E-state index in [-0.39, 0.29) is 39.0 Å². The van der Waals surface area contributed by atoms with Crippen LogP contribution < -0.4 is 5.32 Å². The van der Waals surface area contributed by atoms with Crippen molar-refractivity contribution < 1.29 is 23.5 Å². The van der Waals surface area contributed by atoms with E-state index < -0.39 is 5.97 Å². The number of amides is 1. The number of hydrogen-bond donors (Lipinski definition) is 2. The molecule has 0 bridgehead atoms. The molecule has 0 spiro atoms. The second-order valence-electron chi connectivity index (χ2n) is 19.5. The number of aryl methyl sites for hydroxylation is 2. The van der Waals surface area contributed by atoms with Crippen LogP contribution >= 0.6 is 23.2 Å². The number of rotatable bonds is 6. The van der Waals surface area contributed by atoms with Gasteiger partial charge in [0.2, 0.25) is 0 Å². The third-order valence-corrected chi connectivity index (χ3v) is 15.3. The maximum Gasteiger partial charge on any atom is 0.337 e. The van der Waals surface area contributed by atoms with Crippen molar-refractivity contribution in [1.29, 1.82) is 0 Å². The van der Waals surface area contributed by atoms with Crippen LogP contribution in [0.25, 0.3) is 21.8 Å². The Morgan fingerprint density at radius 2 is 1.00 bits per heavy atom. The lowest BCUT2D eigenvalue weighted by atomic mass is 9.71. The molecular formula is C50H56Cl2F2N6O3. The molecule has 4 atom stereocenters. The highest BCUT2D eigenvalue weighted by molar-refractivity contribution is 6.35. The molecule has 63 heavy (non-hydrogen) atoms. The van der Waals surface area contributed by atoms with E-state index in [4.69, 9.17) is 28.3 Å². The van der Waals surface area contributed by atoms with E-state index in [1.54, 1.807) is 24.3 Å². The fraction of sp³-hybridized carbons (Fsp3) is 0.400. The van der Waals surface area contributed by atoms with Gasteiger partial charge in [0.05, 0.1) is 21.2 Å². The molecule has 0 unspecified atom stereocenters. The van der Waals surface area contributed by atoms with E-state index in [2.05, 4.69) is 42.8 Å². The van der Waals surface area contributed by atoms with Crippen molar-refractivity contribution in [2.24, 2.45) is 35.8 Å². The third-order valence-electron chi connectivity index (χ3n) is 14.6. The lowest BCUT2D eigenvalue weighted by molar-refractivity contribution is 0.0696. The summed E-state index contributed by atoms with van der Waals surface area (Å²) in [6.45, 7) is 18.8. The van der Waals surface area contributed by atoms with Crippen molar-refractivity contribution in [3.63, 3.8) is 0 Å². The Kier molecular flexibility index (Phi) is 12.1. The Balaban J connectivity index is 0.000000143. The SMILES string of the molecule is C[C@@]12CNC[C@]1(C)CN(Cc1ccc(F)cc1)C2.Cn1ccc2cc(C(=O)N3C[C@]4(C)CN(Cc5ccc(F)cc5)C[C@]4(C)C3)c(Cl)cc21.Cn1ccc2cc(C(=O)O)c(Cl)cc21. The Bertz CT molecular complexity index is 2650. The number of halogens is 4. The number of carbonyl (C=O) groups is 2. The van der Waals surface area contributed by atoms with Crippen LogP contribution in [-0.4, -0.2) is 93.2 Å². The molecule has 0 radical (unpaired) electrons. The van der Waals surface area contributed by atoms with Crippen LogP contribution in [0.1, 0.15) is 59.5 Å². The van der Waals surface area contributed by atoms with Gasteiger partial charge in [-0.2, -0.15) is 0 Å². The maximum atomic E-state index is 13.4. The molecule has 4 saturated heterocycles. The van der Waals surface area contributed by atoms with E-state index >= 15 is 0 Å². The fourth-order valence-corrected chi connectivity index (χ4v) is 11.0. The lowest BCUT2D eigenvalue weighted by Gasteiger charge is -2.31. The zero-order valence-electron chi connectivity index (χ0n) is 36.8. The van der Waals surface area contributed by atoms with Crippen molar-refractivity contribution in [3.05, 3.63) is 141 Å². The van der Waals surface area contributed by atoms with Gasteiger partial charge in [0, 0.05) is 135 Å². The highest BCUT2D eigenvalue weighted by Gasteiger charge is 2.58. The molecule has 6 heterocycles. The van der Waals surface area contributed by atoms with Crippen LogP contribution in [0.2, 0.25) is 10.0 Å². The number of carboxylic acid groups (broad SMARTS) is 1. The first-order chi connectivity index (χ1) is 29.8. The summed E-state index contributed by atoms with van der Waals surface area (Å²) in [6.07, 6.45) is 3.85. The van der Waals surface area contributed by atoms with Crippen LogP contribution in [0.15, 0.2) is 97.3 Å².